The van der Waals surface area contributed by atoms with Gasteiger partial charge in [0.25, 0.3) is 0 Å². The number of aryl methyl sites for hydroxylation is 1. The molecule has 0 unspecified atom stereocenters. The van der Waals surface area contributed by atoms with Gasteiger partial charge < -0.3 is 14.8 Å². The smallest absolute Gasteiger partial charge is 0.220 e. The van der Waals surface area contributed by atoms with Crippen LogP contribution in [0.2, 0.25) is 5.02 Å². The predicted molar refractivity (Wildman–Crippen MR) is 112 cm³/mol. The van der Waals surface area contributed by atoms with Crippen molar-refractivity contribution in [3.63, 3.8) is 0 Å². The molecule has 1 aliphatic heterocycles. The van der Waals surface area contributed by atoms with Crippen molar-refractivity contribution in [1.29, 1.82) is 0 Å². The van der Waals surface area contributed by atoms with Crippen molar-refractivity contribution in [1.82, 2.24) is 5.32 Å². The molecule has 144 valence electrons. The fourth-order valence-corrected chi connectivity index (χ4v) is 4.24. The van der Waals surface area contributed by atoms with Crippen molar-refractivity contribution < 1.29 is 14.3 Å². The van der Waals surface area contributed by atoms with Gasteiger partial charge in [-0.1, -0.05) is 35.9 Å². The van der Waals surface area contributed by atoms with E-state index < -0.39 is 0 Å². The summed E-state index contributed by atoms with van der Waals surface area (Å²) in [7, 11) is 0. The van der Waals surface area contributed by atoms with Gasteiger partial charge in [-0.15, -0.1) is 11.3 Å². The molecule has 1 N–H and O–H groups in total. The maximum absolute atomic E-state index is 12.3. The molecular weight excluding hydrogens is 394 g/mol. The Kier molecular flexibility index (Phi) is 5.95. The zero-order valence-electron chi connectivity index (χ0n) is 15.2. The van der Waals surface area contributed by atoms with Crippen LogP contribution in [0.3, 0.4) is 0 Å². The van der Waals surface area contributed by atoms with Gasteiger partial charge in [0.05, 0.1) is 13.2 Å². The van der Waals surface area contributed by atoms with Crippen LogP contribution in [0.15, 0.2) is 54.6 Å². The highest BCUT2D eigenvalue weighted by Crippen LogP contribution is 2.29. The lowest BCUT2D eigenvalue weighted by Crippen LogP contribution is -2.23. The van der Waals surface area contributed by atoms with Crippen LogP contribution in [0.4, 0.5) is 0 Å². The van der Waals surface area contributed by atoms with Gasteiger partial charge in [0.1, 0.15) is 5.75 Å². The van der Waals surface area contributed by atoms with Gasteiger partial charge in [-0.3, -0.25) is 4.79 Å². The first-order valence-electron chi connectivity index (χ1n) is 9.12. The molecule has 6 heteroatoms. The van der Waals surface area contributed by atoms with E-state index in [2.05, 4.69) is 17.4 Å². The minimum Gasteiger partial charge on any atom is -0.467 e. The zero-order chi connectivity index (χ0) is 19.3. The minimum atomic E-state index is 0.0386. The van der Waals surface area contributed by atoms with E-state index in [4.69, 9.17) is 21.1 Å². The van der Waals surface area contributed by atoms with E-state index in [9.17, 15) is 4.79 Å². The first-order chi connectivity index (χ1) is 13.7. The normalized spacial score (nSPS) is 12.9. The molecule has 2 heterocycles. The average Bonchev–Trinajstić information content (AvgIpc) is 3.20. The maximum Gasteiger partial charge on any atom is 0.220 e. The SMILES string of the molecule is O=C(CCc1cccc2c1COCO2)NCc1ccc(-c2ccc(Cl)cc2)s1. The van der Waals surface area contributed by atoms with Crippen LogP contribution < -0.4 is 10.1 Å². The molecule has 0 saturated heterocycles. The molecule has 0 aliphatic carbocycles. The summed E-state index contributed by atoms with van der Waals surface area (Å²) in [6.07, 6.45) is 1.11. The second-order valence-corrected chi connectivity index (χ2v) is 8.16. The lowest BCUT2D eigenvalue weighted by atomic mass is 10.0. The molecule has 3 aromatic rings. The highest BCUT2D eigenvalue weighted by Gasteiger charge is 2.15. The second kappa shape index (κ2) is 8.78. The molecular formula is C22H20ClNO3S. The largest absolute Gasteiger partial charge is 0.467 e. The molecule has 1 aromatic heterocycles. The van der Waals surface area contributed by atoms with Crippen LogP contribution in [0.5, 0.6) is 5.75 Å². The Labute approximate surface area is 173 Å². The number of thiophene rings is 1. The summed E-state index contributed by atoms with van der Waals surface area (Å²) in [5.41, 5.74) is 3.28. The van der Waals surface area contributed by atoms with E-state index in [1.807, 2.05) is 42.5 Å². The lowest BCUT2D eigenvalue weighted by molar-refractivity contribution is -0.121. The Morgan fingerprint density at radius 1 is 1.11 bits per heavy atom. The standard InChI is InChI=1S/C22H20ClNO3S/c23-17-7-4-16(5-8-17)21-10-9-18(28-21)12-24-22(25)11-6-15-2-1-3-20-19(15)13-26-14-27-20/h1-5,7-10H,6,11-14H2,(H,24,25). The number of nitrogens with one attached hydrogen (secondary N) is 1. The van der Waals surface area contributed by atoms with Crippen molar-refractivity contribution >= 4 is 28.8 Å². The van der Waals surface area contributed by atoms with Crippen LogP contribution in [-0.2, 0) is 29.1 Å². The quantitative estimate of drug-likeness (QED) is 0.605. The molecule has 0 spiro atoms. The Balaban J connectivity index is 1.30. The van der Waals surface area contributed by atoms with Crippen molar-refractivity contribution in [2.24, 2.45) is 0 Å². The summed E-state index contributed by atoms with van der Waals surface area (Å²) in [5.74, 6) is 0.897. The minimum absolute atomic E-state index is 0.0386. The second-order valence-electron chi connectivity index (χ2n) is 6.55. The molecule has 1 amide bonds. The molecule has 4 nitrogen and oxygen atoms in total. The van der Waals surface area contributed by atoms with Crippen LogP contribution in [-0.4, -0.2) is 12.7 Å². The molecule has 4 rings (SSSR count). The van der Waals surface area contributed by atoms with Crippen molar-refractivity contribution in [2.75, 3.05) is 6.79 Å². The van der Waals surface area contributed by atoms with E-state index in [-0.39, 0.29) is 12.7 Å². The van der Waals surface area contributed by atoms with Crippen molar-refractivity contribution in [2.45, 2.75) is 26.0 Å². The third-order valence-corrected chi connectivity index (χ3v) is 6.03. The number of halogens is 1. The fourth-order valence-electron chi connectivity index (χ4n) is 3.16. The molecule has 0 fully saturated rings. The van der Waals surface area contributed by atoms with Crippen molar-refractivity contribution in [3.8, 4) is 16.2 Å². The summed E-state index contributed by atoms with van der Waals surface area (Å²) < 4.78 is 10.9. The monoisotopic (exact) mass is 413 g/mol. The van der Waals surface area contributed by atoms with Crippen molar-refractivity contribution in [3.05, 3.63) is 75.6 Å². The van der Waals surface area contributed by atoms with E-state index in [0.29, 0.717) is 26.0 Å². The van der Waals surface area contributed by atoms with E-state index in [1.54, 1.807) is 11.3 Å². The molecule has 28 heavy (non-hydrogen) atoms. The number of hydrogen-bond donors (Lipinski definition) is 1. The molecule has 2 aromatic carbocycles. The molecule has 0 atom stereocenters. The fraction of sp³-hybridized carbons (Fsp3) is 0.227. The third-order valence-electron chi connectivity index (χ3n) is 4.65. The van der Waals surface area contributed by atoms with Crippen LogP contribution in [0, 0.1) is 0 Å². The number of fused-ring (bicyclic) bond motifs is 1. The summed E-state index contributed by atoms with van der Waals surface area (Å²) in [6.45, 7) is 1.36. The van der Waals surface area contributed by atoms with E-state index in [0.717, 1.165) is 37.2 Å². The molecule has 1 aliphatic rings. The van der Waals surface area contributed by atoms with E-state index in [1.165, 1.54) is 0 Å². The zero-order valence-corrected chi connectivity index (χ0v) is 16.8. The molecule has 0 saturated carbocycles. The summed E-state index contributed by atoms with van der Waals surface area (Å²) in [5, 5.41) is 3.74. The number of hydrogen-bond acceptors (Lipinski definition) is 4. The first-order valence-corrected chi connectivity index (χ1v) is 10.3. The number of carbonyl (C=O) groups is 1. The Morgan fingerprint density at radius 3 is 2.82 bits per heavy atom. The predicted octanol–water partition coefficient (Wildman–Crippen LogP) is 5.18. The van der Waals surface area contributed by atoms with Gasteiger partial charge in [-0.05, 0) is 47.9 Å². The maximum atomic E-state index is 12.3. The van der Waals surface area contributed by atoms with Gasteiger partial charge >= 0.3 is 0 Å². The van der Waals surface area contributed by atoms with Crippen LogP contribution in [0.1, 0.15) is 22.4 Å². The number of rotatable bonds is 6. The van der Waals surface area contributed by atoms with Gasteiger partial charge in [0, 0.05) is 26.8 Å². The third kappa shape index (κ3) is 4.55. The van der Waals surface area contributed by atoms with Gasteiger partial charge in [-0.25, -0.2) is 0 Å². The van der Waals surface area contributed by atoms with Crippen LogP contribution >= 0.6 is 22.9 Å². The lowest BCUT2D eigenvalue weighted by Gasteiger charge is -2.20. The average molecular weight is 414 g/mol. The van der Waals surface area contributed by atoms with Gasteiger partial charge in [0.15, 0.2) is 6.79 Å². The highest BCUT2D eigenvalue weighted by atomic mass is 35.5. The Hall–Kier alpha value is -2.34. The van der Waals surface area contributed by atoms with Gasteiger partial charge in [0.2, 0.25) is 5.91 Å². The van der Waals surface area contributed by atoms with Crippen LogP contribution in [0.25, 0.3) is 10.4 Å². The number of benzene rings is 2. The Morgan fingerprint density at radius 2 is 1.96 bits per heavy atom. The number of ether oxygens (including phenoxy) is 2. The number of carbonyl (C=O) groups excluding carboxylic acids is 1. The molecule has 0 bridgehead atoms. The van der Waals surface area contributed by atoms with E-state index >= 15 is 0 Å². The summed E-state index contributed by atoms with van der Waals surface area (Å²) in [4.78, 5) is 14.6. The molecule has 0 radical (unpaired) electrons. The summed E-state index contributed by atoms with van der Waals surface area (Å²) >= 11 is 7.62. The summed E-state index contributed by atoms with van der Waals surface area (Å²) in [6, 6.07) is 17.8. The van der Waals surface area contributed by atoms with Gasteiger partial charge in [-0.2, -0.15) is 0 Å². The highest BCUT2D eigenvalue weighted by molar-refractivity contribution is 7.15. The topological polar surface area (TPSA) is 47.6 Å². The Bertz CT molecular complexity index is 968. The number of amides is 1. The first kappa shape index (κ1) is 19.0.